The molecule has 1 aliphatic rings. The fourth-order valence-corrected chi connectivity index (χ4v) is 4.01. The average molecular weight is 456 g/mol. The molecule has 0 saturated carbocycles. The van der Waals surface area contributed by atoms with Crippen LogP contribution in [0.15, 0.2) is 47.4 Å². The Balaban J connectivity index is 1.46. The SMILES string of the molecule is Cc1cc(C)cc(C(=O)NCC(=O)NCCN2C(=O)SC(=Cc3ccc(F)cc3)C2=O)c1. The van der Waals surface area contributed by atoms with Gasteiger partial charge in [0.2, 0.25) is 5.91 Å². The zero-order chi connectivity index (χ0) is 23.3. The number of amides is 4. The number of carbonyl (C=O) groups is 4. The molecule has 1 heterocycles. The van der Waals surface area contributed by atoms with Crippen LogP contribution in [0.25, 0.3) is 6.08 Å². The highest BCUT2D eigenvalue weighted by Crippen LogP contribution is 2.31. The summed E-state index contributed by atoms with van der Waals surface area (Å²) < 4.78 is 13.0. The van der Waals surface area contributed by atoms with Crippen molar-refractivity contribution in [2.24, 2.45) is 0 Å². The molecule has 9 heteroatoms. The maximum Gasteiger partial charge on any atom is 0.293 e. The summed E-state index contributed by atoms with van der Waals surface area (Å²) in [6.07, 6.45) is 1.52. The van der Waals surface area contributed by atoms with E-state index in [-0.39, 0.29) is 30.4 Å². The molecule has 1 fully saturated rings. The Hall–Kier alpha value is -3.46. The third-order valence-electron chi connectivity index (χ3n) is 4.59. The Labute approximate surface area is 189 Å². The molecule has 3 rings (SSSR count). The molecule has 4 amide bonds. The van der Waals surface area contributed by atoms with Gasteiger partial charge in [0, 0.05) is 18.7 Å². The first kappa shape index (κ1) is 23.2. The standard InChI is InChI=1S/C23H22FN3O4S/c1-14-9-15(2)11-17(10-14)21(29)26-13-20(28)25-7-8-27-22(30)19(32-23(27)31)12-16-3-5-18(24)6-4-16/h3-6,9-12H,7-8,13H2,1-2H3,(H,25,28)(H,26,29). The first-order valence-electron chi connectivity index (χ1n) is 9.87. The Morgan fingerprint density at radius 2 is 1.69 bits per heavy atom. The van der Waals surface area contributed by atoms with Crippen molar-refractivity contribution in [2.75, 3.05) is 19.6 Å². The Morgan fingerprint density at radius 1 is 1.03 bits per heavy atom. The second-order valence-electron chi connectivity index (χ2n) is 7.29. The summed E-state index contributed by atoms with van der Waals surface area (Å²) in [7, 11) is 0. The molecule has 2 aromatic rings. The van der Waals surface area contributed by atoms with E-state index in [1.165, 1.54) is 30.3 Å². The zero-order valence-electron chi connectivity index (χ0n) is 17.6. The number of carbonyl (C=O) groups excluding carboxylic acids is 4. The predicted octanol–water partition coefficient (Wildman–Crippen LogP) is 3.03. The number of rotatable bonds is 7. The average Bonchev–Trinajstić information content (AvgIpc) is 3.00. The van der Waals surface area contributed by atoms with Gasteiger partial charge in [-0.2, -0.15) is 0 Å². The van der Waals surface area contributed by atoms with E-state index in [9.17, 15) is 23.6 Å². The van der Waals surface area contributed by atoms with Crippen LogP contribution in [0, 0.1) is 19.7 Å². The van der Waals surface area contributed by atoms with Crippen molar-refractivity contribution < 1.29 is 23.6 Å². The third kappa shape index (κ3) is 6.04. The quantitative estimate of drug-likeness (QED) is 0.626. The van der Waals surface area contributed by atoms with Gasteiger partial charge in [0.25, 0.3) is 17.1 Å². The normalized spacial score (nSPS) is 14.7. The lowest BCUT2D eigenvalue weighted by molar-refractivity contribution is -0.124. The van der Waals surface area contributed by atoms with Crippen molar-refractivity contribution in [3.63, 3.8) is 0 Å². The second kappa shape index (κ2) is 10.2. The van der Waals surface area contributed by atoms with Gasteiger partial charge >= 0.3 is 0 Å². The van der Waals surface area contributed by atoms with Gasteiger partial charge in [-0.3, -0.25) is 24.1 Å². The van der Waals surface area contributed by atoms with Gasteiger partial charge in [-0.05, 0) is 61.5 Å². The van der Waals surface area contributed by atoms with Gasteiger partial charge in [-0.15, -0.1) is 0 Å². The van der Waals surface area contributed by atoms with Crippen molar-refractivity contribution >= 4 is 40.8 Å². The van der Waals surface area contributed by atoms with Crippen molar-refractivity contribution in [1.82, 2.24) is 15.5 Å². The summed E-state index contributed by atoms with van der Waals surface area (Å²) in [5.41, 5.74) is 2.97. The Morgan fingerprint density at radius 3 is 2.34 bits per heavy atom. The summed E-state index contributed by atoms with van der Waals surface area (Å²) >= 11 is 0.789. The molecule has 7 nitrogen and oxygen atoms in total. The van der Waals surface area contributed by atoms with Crippen LogP contribution < -0.4 is 10.6 Å². The Bertz CT molecular complexity index is 1080. The lowest BCUT2D eigenvalue weighted by Gasteiger charge is -2.13. The maximum atomic E-state index is 13.0. The maximum absolute atomic E-state index is 13.0. The molecular weight excluding hydrogens is 433 g/mol. The smallest absolute Gasteiger partial charge is 0.293 e. The highest BCUT2D eigenvalue weighted by Gasteiger charge is 2.34. The van der Waals surface area contributed by atoms with Gasteiger partial charge in [-0.25, -0.2) is 4.39 Å². The van der Waals surface area contributed by atoms with Crippen LogP contribution in [0.5, 0.6) is 0 Å². The first-order valence-corrected chi connectivity index (χ1v) is 10.7. The van der Waals surface area contributed by atoms with Crippen LogP contribution in [-0.4, -0.2) is 47.5 Å². The molecule has 0 aromatic heterocycles. The van der Waals surface area contributed by atoms with E-state index in [4.69, 9.17) is 0 Å². The van der Waals surface area contributed by atoms with Crippen molar-refractivity contribution in [3.8, 4) is 0 Å². The predicted molar refractivity (Wildman–Crippen MR) is 120 cm³/mol. The number of aryl methyl sites for hydroxylation is 2. The second-order valence-corrected chi connectivity index (χ2v) is 8.29. The molecule has 1 saturated heterocycles. The number of nitrogens with zero attached hydrogens (tertiary/aromatic N) is 1. The fourth-order valence-electron chi connectivity index (χ4n) is 3.14. The molecule has 0 spiro atoms. The molecule has 0 unspecified atom stereocenters. The molecule has 0 radical (unpaired) electrons. The van der Waals surface area contributed by atoms with Gasteiger partial charge in [0.1, 0.15) is 5.82 Å². The van der Waals surface area contributed by atoms with E-state index < -0.39 is 22.9 Å². The lowest BCUT2D eigenvalue weighted by atomic mass is 10.1. The lowest BCUT2D eigenvalue weighted by Crippen LogP contribution is -2.41. The first-order chi connectivity index (χ1) is 15.2. The number of benzene rings is 2. The molecular formula is C23H22FN3O4S. The molecule has 0 aliphatic carbocycles. The zero-order valence-corrected chi connectivity index (χ0v) is 18.4. The van der Waals surface area contributed by atoms with E-state index in [1.54, 1.807) is 12.1 Å². The van der Waals surface area contributed by atoms with Crippen LogP contribution >= 0.6 is 11.8 Å². The molecule has 2 N–H and O–H groups in total. The summed E-state index contributed by atoms with van der Waals surface area (Å²) in [4.78, 5) is 50.1. The number of hydrogen-bond donors (Lipinski definition) is 2. The summed E-state index contributed by atoms with van der Waals surface area (Å²) in [5, 5.41) is 4.69. The number of nitrogens with one attached hydrogen (secondary N) is 2. The molecule has 0 bridgehead atoms. The topological polar surface area (TPSA) is 95.6 Å². The van der Waals surface area contributed by atoms with Crippen molar-refractivity contribution in [1.29, 1.82) is 0 Å². The molecule has 1 aliphatic heterocycles. The largest absolute Gasteiger partial charge is 0.353 e. The van der Waals surface area contributed by atoms with Crippen LogP contribution in [0.1, 0.15) is 27.0 Å². The monoisotopic (exact) mass is 455 g/mol. The van der Waals surface area contributed by atoms with Crippen LogP contribution in [-0.2, 0) is 9.59 Å². The highest BCUT2D eigenvalue weighted by molar-refractivity contribution is 8.18. The Kier molecular flexibility index (Phi) is 7.42. The van der Waals surface area contributed by atoms with Crippen LogP contribution in [0.3, 0.4) is 0 Å². The van der Waals surface area contributed by atoms with E-state index in [2.05, 4.69) is 10.6 Å². The molecule has 166 valence electrons. The van der Waals surface area contributed by atoms with E-state index in [0.29, 0.717) is 11.1 Å². The minimum atomic E-state index is -0.471. The number of hydrogen-bond acceptors (Lipinski definition) is 5. The van der Waals surface area contributed by atoms with Crippen molar-refractivity contribution in [2.45, 2.75) is 13.8 Å². The van der Waals surface area contributed by atoms with Crippen LogP contribution in [0.4, 0.5) is 9.18 Å². The minimum absolute atomic E-state index is 0.00217. The molecule has 32 heavy (non-hydrogen) atoms. The van der Waals surface area contributed by atoms with Gasteiger partial charge in [0.15, 0.2) is 0 Å². The number of thioether (sulfide) groups is 1. The third-order valence-corrected chi connectivity index (χ3v) is 5.50. The van der Waals surface area contributed by atoms with Gasteiger partial charge < -0.3 is 10.6 Å². The molecule has 2 aromatic carbocycles. The van der Waals surface area contributed by atoms with E-state index in [1.807, 2.05) is 19.9 Å². The van der Waals surface area contributed by atoms with Crippen LogP contribution in [0.2, 0.25) is 0 Å². The van der Waals surface area contributed by atoms with E-state index in [0.717, 1.165) is 27.8 Å². The number of imide groups is 1. The van der Waals surface area contributed by atoms with Crippen molar-refractivity contribution in [3.05, 3.63) is 75.4 Å². The van der Waals surface area contributed by atoms with E-state index >= 15 is 0 Å². The highest BCUT2D eigenvalue weighted by atomic mass is 32.2. The summed E-state index contributed by atoms with van der Waals surface area (Å²) in [5.74, 6) is -1.65. The fraction of sp³-hybridized carbons (Fsp3) is 0.217. The number of halogens is 1. The summed E-state index contributed by atoms with van der Waals surface area (Å²) in [6, 6.07) is 11.0. The minimum Gasteiger partial charge on any atom is -0.353 e. The summed E-state index contributed by atoms with van der Waals surface area (Å²) in [6.45, 7) is 3.60. The molecule has 0 atom stereocenters. The van der Waals surface area contributed by atoms with Gasteiger partial charge in [0.05, 0.1) is 11.4 Å². The van der Waals surface area contributed by atoms with Gasteiger partial charge in [-0.1, -0.05) is 29.3 Å².